The molecule has 0 aromatic carbocycles. The molecule has 0 radical (unpaired) electrons. The highest BCUT2D eigenvalue weighted by Gasteiger charge is 2.18. The fourth-order valence-corrected chi connectivity index (χ4v) is 2.26. The van der Waals surface area contributed by atoms with Gasteiger partial charge in [-0.25, -0.2) is 4.98 Å². The Kier molecular flexibility index (Phi) is 3.24. The maximum Gasteiger partial charge on any atom is 0.128 e. The van der Waals surface area contributed by atoms with E-state index in [1.165, 1.54) is 37.9 Å². The third-order valence-electron chi connectivity index (χ3n) is 3.42. The first-order chi connectivity index (χ1) is 7.29. The van der Waals surface area contributed by atoms with Crippen LogP contribution in [0.25, 0.3) is 0 Å². The molecule has 1 aliphatic heterocycles. The number of aromatic nitrogens is 1. The summed E-state index contributed by atoms with van der Waals surface area (Å²) in [5.41, 5.74) is 1.30. The lowest BCUT2D eigenvalue weighted by molar-refractivity contribution is 0.394. The van der Waals surface area contributed by atoms with Gasteiger partial charge >= 0.3 is 0 Å². The molecule has 82 valence electrons. The highest BCUT2D eigenvalue weighted by atomic mass is 15.2. The summed E-state index contributed by atoms with van der Waals surface area (Å²) in [6.07, 6.45) is 5.89. The number of rotatable bonds is 2. The number of piperidine rings is 1. The van der Waals surface area contributed by atoms with Crippen molar-refractivity contribution in [3.8, 4) is 0 Å². The Hall–Kier alpha value is -1.05. The van der Waals surface area contributed by atoms with E-state index in [0.717, 1.165) is 11.7 Å². The lowest BCUT2D eigenvalue weighted by Gasteiger charge is -2.32. The molecule has 2 heteroatoms. The summed E-state index contributed by atoms with van der Waals surface area (Å²) in [5.74, 6) is 2.09. The molecule has 1 aromatic heterocycles. The first-order valence-corrected chi connectivity index (χ1v) is 5.97. The normalized spacial score (nSPS) is 18.1. The fraction of sp³-hybridized carbons (Fsp3) is 0.615. The molecule has 0 bridgehead atoms. The van der Waals surface area contributed by atoms with E-state index in [9.17, 15) is 0 Å². The Morgan fingerprint density at radius 1 is 1.40 bits per heavy atom. The van der Waals surface area contributed by atoms with Gasteiger partial charge in [0.25, 0.3) is 0 Å². The SMILES string of the molecule is CCC1CCN(c2cc(C)ccn2)CC1. The maximum absolute atomic E-state index is 4.44. The van der Waals surface area contributed by atoms with Crippen molar-refractivity contribution in [2.45, 2.75) is 33.1 Å². The van der Waals surface area contributed by atoms with Crippen LogP contribution < -0.4 is 4.90 Å². The zero-order valence-corrected chi connectivity index (χ0v) is 9.74. The van der Waals surface area contributed by atoms with Gasteiger partial charge in [-0.3, -0.25) is 0 Å². The summed E-state index contributed by atoms with van der Waals surface area (Å²) in [6, 6.07) is 4.24. The topological polar surface area (TPSA) is 16.1 Å². The highest BCUT2D eigenvalue weighted by molar-refractivity contribution is 5.40. The Balaban J connectivity index is 2.01. The van der Waals surface area contributed by atoms with Crippen LogP contribution in [0, 0.1) is 12.8 Å². The van der Waals surface area contributed by atoms with E-state index in [2.05, 4.69) is 35.9 Å². The standard InChI is InChI=1S/C13H20N2/c1-3-12-5-8-15(9-6-12)13-10-11(2)4-7-14-13/h4,7,10,12H,3,5-6,8-9H2,1-2H3. The van der Waals surface area contributed by atoms with Gasteiger partial charge < -0.3 is 4.90 Å². The van der Waals surface area contributed by atoms with Crippen LogP contribution in [0.2, 0.25) is 0 Å². The van der Waals surface area contributed by atoms with E-state index >= 15 is 0 Å². The van der Waals surface area contributed by atoms with Crippen LogP contribution in [0.3, 0.4) is 0 Å². The Morgan fingerprint density at radius 2 is 2.13 bits per heavy atom. The van der Waals surface area contributed by atoms with Crippen molar-refractivity contribution in [1.29, 1.82) is 0 Å². The monoisotopic (exact) mass is 204 g/mol. The largest absolute Gasteiger partial charge is 0.357 e. The van der Waals surface area contributed by atoms with Crippen molar-refractivity contribution in [3.63, 3.8) is 0 Å². The van der Waals surface area contributed by atoms with Crippen molar-refractivity contribution in [3.05, 3.63) is 23.9 Å². The summed E-state index contributed by atoms with van der Waals surface area (Å²) in [5, 5.41) is 0. The van der Waals surface area contributed by atoms with Gasteiger partial charge in [-0.1, -0.05) is 13.3 Å². The molecule has 1 saturated heterocycles. The van der Waals surface area contributed by atoms with E-state index < -0.39 is 0 Å². The van der Waals surface area contributed by atoms with Gasteiger partial charge in [-0.15, -0.1) is 0 Å². The number of hydrogen-bond acceptors (Lipinski definition) is 2. The lowest BCUT2D eigenvalue weighted by atomic mass is 9.94. The molecular weight excluding hydrogens is 184 g/mol. The molecule has 0 N–H and O–H groups in total. The van der Waals surface area contributed by atoms with E-state index in [1.54, 1.807) is 0 Å². The molecule has 2 heterocycles. The maximum atomic E-state index is 4.44. The average Bonchev–Trinajstić information content (AvgIpc) is 2.29. The summed E-state index contributed by atoms with van der Waals surface area (Å²) < 4.78 is 0. The second-order valence-electron chi connectivity index (χ2n) is 4.53. The number of hydrogen-bond donors (Lipinski definition) is 0. The third-order valence-corrected chi connectivity index (χ3v) is 3.42. The third kappa shape index (κ3) is 2.49. The van der Waals surface area contributed by atoms with Crippen molar-refractivity contribution in [1.82, 2.24) is 4.98 Å². The van der Waals surface area contributed by atoms with Gasteiger partial charge in [-0.05, 0) is 43.4 Å². The van der Waals surface area contributed by atoms with E-state index in [1.807, 2.05) is 6.20 Å². The van der Waals surface area contributed by atoms with Crippen molar-refractivity contribution >= 4 is 5.82 Å². The average molecular weight is 204 g/mol. The molecular formula is C13H20N2. The zero-order valence-electron chi connectivity index (χ0n) is 9.74. The number of nitrogens with zero attached hydrogens (tertiary/aromatic N) is 2. The van der Waals surface area contributed by atoms with Gasteiger partial charge in [0.15, 0.2) is 0 Å². The van der Waals surface area contributed by atoms with E-state index in [-0.39, 0.29) is 0 Å². The van der Waals surface area contributed by atoms with Gasteiger partial charge in [0.1, 0.15) is 5.82 Å². The summed E-state index contributed by atoms with van der Waals surface area (Å²) >= 11 is 0. The molecule has 0 amide bonds. The summed E-state index contributed by atoms with van der Waals surface area (Å²) in [4.78, 5) is 6.86. The number of anilines is 1. The van der Waals surface area contributed by atoms with Gasteiger partial charge in [0.2, 0.25) is 0 Å². The fourth-order valence-electron chi connectivity index (χ4n) is 2.26. The van der Waals surface area contributed by atoms with E-state index in [0.29, 0.717) is 0 Å². The molecule has 15 heavy (non-hydrogen) atoms. The molecule has 0 saturated carbocycles. The van der Waals surface area contributed by atoms with Gasteiger partial charge in [0, 0.05) is 19.3 Å². The Bertz CT molecular complexity index is 314. The quantitative estimate of drug-likeness (QED) is 0.736. The molecule has 1 aromatic rings. The predicted octanol–water partition coefficient (Wildman–Crippen LogP) is 3.02. The second-order valence-corrected chi connectivity index (χ2v) is 4.53. The number of aryl methyl sites for hydroxylation is 1. The molecule has 1 aliphatic rings. The minimum atomic E-state index is 0.936. The van der Waals surface area contributed by atoms with Gasteiger partial charge in [-0.2, -0.15) is 0 Å². The zero-order chi connectivity index (χ0) is 10.7. The molecule has 2 rings (SSSR count). The summed E-state index contributed by atoms with van der Waals surface area (Å²) in [7, 11) is 0. The van der Waals surface area contributed by atoms with E-state index in [4.69, 9.17) is 0 Å². The predicted molar refractivity (Wildman–Crippen MR) is 64.2 cm³/mol. The van der Waals surface area contributed by atoms with Crippen LogP contribution in [-0.4, -0.2) is 18.1 Å². The first-order valence-electron chi connectivity index (χ1n) is 5.97. The van der Waals surface area contributed by atoms with Crippen LogP contribution in [0.4, 0.5) is 5.82 Å². The first kappa shape index (κ1) is 10.5. The van der Waals surface area contributed by atoms with Gasteiger partial charge in [0.05, 0.1) is 0 Å². The minimum Gasteiger partial charge on any atom is -0.357 e. The Labute approximate surface area is 92.3 Å². The Morgan fingerprint density at radius 3 is 2.73 bits per heavy atom. The molecule has 0 unspecified atom stereocenters. The van der Waals surface area contributed by atoms with Crippen LogP contribution in [0.5, 0.6) is 0 Å². The van der Waals surface area contributed by atoms with Crippen molar-refractivity contribution in [2.75, 3.05) is 18.0 Å². The van der Waals surface area contributed by atoms with Crippen molar-refractivity contribution < 1.29 is 0 Å². The number of pyridine rings is 1. The molecule has 0 aliphatic carbocycles. The van der Waals surface area contributed by atoms with Crippen molar-refractivity contribution in [2.24, 2.45) is 5.92 Å². The summed E-state index contributed by atoms with van der Waals surface area (Å²) in [6.45, 7) is 6.78. The molecule has 0 atom stereocenters. The second kappa shape index (κ2) is 4.65. The molecule has 2 nitrogen and oxygen atoms in total. The smallest absolute Gasteiger partial charge is 0.128 e. The van der Waals surface area contributed by atoms with Crippen LogP contribution >= 0.6 is 0 Å². The lowest BCUT2D eigenvalue weighted by Crippen LogP contribution is -2.34. The highest BCUT2D eigenvalue weighted by Crippen LogP contribution is 2.23. The van der Waals surface area contributed by atoms with Crippen LogP contribution in [-0.2, 0) is 0 Å². The minimum absolute atomic E-state index is 0.936. The molecule has 1 fully saturated rings. The molecule has 0 spiro atoms. The van der Waals surface area contributed by atoms with Crippen LogP contribution in [0.15, 0.2) is 18.3 Å². The van der Waals surface area contributed by atoms with Crippen LogP contribution in [0.1, 0.15) is 31.7 Å².